The van der Waals surface area contributed by atoms with Gasteiger partial charge in [0.15, 0.2) is 18.3 Å². The first kappa shape index (κ1) is 16.2. The molecule has 0 amide bonds. The van der Waals surface area contributed by atoms with Crippen LogP contribution in [0.15, 0.2) is 0 Å². The highest BCUT2D eigenvalue weighted by atomic mass is 16.7. The molecular formula is C13H16O9. The fourth-order valence-electron chi connectivity index (χ4n) is 2.47. The number of fused-ring (bicyclic) bond motifs is 1. The molecule has 3 unspecified atom stereocenters. The van der Waals surface area contributed by atoms with Crippen molar-refractivity contribution in [2.24, 2.45) is 0 Å². The summed E-state index contributed by atoms with van der Waals surface area (Å²) >= 11 is 0. The fraction of sp³-hybridized carbons (Fsp3) is 0.692. The molecule has 0 aromatic heterocycles. The number of rotatable bonds is 3. The minimum Gasteiger partial charge on any atom is -0.456 e. The molecule has 22 heavy (non-hydrogen) atoms. The predicted molar refractivity (Wildman–Crippen MR) is 66.3 cm³/mol. The summed E-state index contributed by atoms with van der Waals surface area (Å²) in [6.07, 6.45) is -5.11. The van der Waals surface area contributed by atoms with Crippen LogP contribution in [0, 0.1) is 0 Å². The zero-order valence-electron chi connectivity index (χ0n) is 12.3. The van der Waals surface area contributed by atoms with Gasteiger partial charge < -0.3 is 23.7 Å². The van der Waals surface area contributed by atoms with Gasteiger partial charge in [0, 0.05) is 20.8 Å². The Hall–Kier alpha value is -2.16. The molecule has 9 nitrogen and oxygen atoms in total. The van der Waals surface area contributed by atoms with Crippen LogP contribution in [-0.2, 0) is 42.9 Å². The topological polar surface area (TPSA) is 114 Å². The van der Waals surface area contributed by atoms with Gasteiger partial charge in [-0.1, -0.05) is 0 Å². The van der Waals surface area contributed by atoms with Crippen LogP contribution >= 0.6 is 0 Å². The van der Waals surface area contributed by atoms with Gasteiger partial charge in [0.25, 0.3) is 0 Å². The van der Waals surface area contributed by atoms with E-state index in [-0.39, 0.29) is 6.61 Å². The normalized spacial score (nSPS) is 33.4. The molecule has 122 valence electrons. The van der Waals surface area contributed by atoms with E-state index in [1.165, 1.54) is 13.8 Å². The van der Waals surface area contributed by atoms with Crippen molar-refractivity contribution in [3.63, 3.8) is 0 Å². The maximum Gasteiger partial charge on any atom is 0.350 e. The van der Waals surface area contributed by atoms with E-state index in [2.05, 4.69) is 0 Å². The van der Waals surface area contributed by atoms with E-state index in [9.17, 15) is 19.2 Å². The van der Waals surface area contributed by atoms with Crippen molar-refractivity contribution in [3.8, 4) is 0 Å². The third-order valence-electron chi connectivity index (χ3n) is 3.16. The van der Waals surface area contributed by atoms with Crippen molar-refractivity contribution < 1.29 is 42.9 Å². The summed E-state index contributed by atoms with van der Waals surface area (Å²) in [5, 5.41) is 0. The Labute approximate surface area is 125 Å². The zero-order valence-corrected chi connectivity index (χ0v) is 12.3. The van der Waals surface area contributed by atoms with Crippen molar-refractivity contribution in [2.45, 2.75) is 51.3 Å². The Kier molecular flexibility index (Phi) is 4.65. The average Bonchev–Trinajstić information content (AvgIpc) is 2.68. The molecule has 2 fully saturated rings. The van der Waals surface area contributed by atoms with Gasteiger partial charge in [0.2, 0.25) is 6.10 Å². The van der Waals surface area contributed by atoms with Crippen LogP contribution < -0.4 is 0 Å². The molecule has 2 rings (SSSR count). The van der Waals surface area contributed by atoms with E-state index in [4.69, 9.17) is 23.7 Å². The predicted octanol–water partition coefficient (Wildman–Crippen LogP) is -0.894. The quantitative estimate of drug-likeness (QED) is 0.483. The fourth-order valence-corrected chi connectivity index (χ4v) is 2.47. The number of carbonyl (C=O) groups is 4. The molecule has 0 aromatic carbocycles. The summed E-state index contributed by atoms with van der Waals surface area (Å²) in [5.41, 5.74) is 0. The van der Waals surface area contributed by atoms with Crippen LogP contribution in [-0.4, -0.2) is 61.0 Å². The average molecular weight is 316 g/mol. The van der Waals surface area contributed by atoms with Crippen molar-refractivity contribution in [1.82, 2.24) is 0 Å². The molecule has 0 aliphatic carbocycles. The molecule has 0 bridgehead atoms. The molecule has 2 aliphatic rings. The maximum absolute atomic E-state index is 11.8. The van der Waals surface area contributed by atoms with Crippen molar-refractivity contribution in [2.75, 3.05) is 6.61 Å². The summed E-state index contributed by atoms with van der Waals surface area (Å²) in [5.74, 6) is -2.69. The Morgan fingerprint density at radius 1 is 0.955 bits per heavy atom. The third-order valence-corrected chi connectivity index (χ3v) is 3.16. The van der Waals surface area contributed by atoms with Gasteiger partial charge in [-0.15, -0.1) is 0 Å². The van der Waals surface area contributed by atoms with Gasteiger partial charge in [0.05, 0.1) is 6.61 Å². The summed E-state index contributed by atoms with van der Waals surface area (Å²) in [4.78, 5) is 45.2. The first-order valence-corrected chi connectivity index (χ1v) is 6.63. The number of hydrogen-bond acceptors (Lipinski definition) is 9. The molecule has 2 heterocycles. The number of carbonyl (C=O) groups excluding carboxylic acids is 4. The minimum atomic E-state index is -1.24. The summed E-state index contributed by atoms with van der Waals surface area (Å²) < 4.78 is 25.5. The van der Waals surface area contributed by atoms with Crippen LogP contribution in [0.25, 0.3) is 0 Å². The second-order valence-corrected chi connectivity index (χ2v) is 4.95. The van der Waals surface area contributed by atoms with Gasteiger partial charge in [0.1, 0.15) is 6.10 Å². The molecule has 2 aliphatic heterocycles. The lowest BCUT2D eigenvalue weighted by Gasteiger charge is -2.37. The lowest BCUT2D eigenvalue weighted by molar-refractivity contribution is -0.214. The molecule has 0 saturated carbocycles. The van der Waals surface area contributed by atoms with E-state index in [0.717, 1.165) is 6.92 Å². The highest BCUT2D eigenvalue weighted by Gasteiger charge is 2.57. The molecular weight excluding hydrogens is 300 g/mol. The molecule has 9 heteroatoms. The first-order valence-electron chi connectivity index (χ1n) is 6.63. The van der Waals surface area contributed by atoms with E-state index in [1.54, 1.807) is 0 Å². The van der Waals surface area contributed by atoms with E-state index < -0.39 is 54.4 Å². The highest BCUT2D eigenvalue weighted by molar-refractivity contribution is 5.81. The van der Waals surface area contributed by atoms with Gasteiger partial charge in [-0.05, 0) is 0 Å². The second kappa shape index (κ2) is 6.30. The van der Waals surface area contributed by atoms with E-state index in [1.807, 2.05) is 0 Å². The van der Waals surface area contributed by atoms with Gasteiger partial charge >= 0.3 is 23.9 Å². The molecule has 0 spiro atoms. The van der Waals surface area contributed by atoms with Crippen LogP contribution in [0.3, 0.4) is 0 Å². The van der Waals surface area contributed by atoms with Gasteiger partial charge in [-0.25, -0.2) is 4.79 Å². The van der Waals surface area contributed by atoms with Crippen LogP contribution in [0.4, 0.5) is 0 Å². The van der Waals surface area contributed by atoms with Gasteiger partial charge in [-0.2, -0.15) is 0 Å². The Bertz CT molecular complexity index is 500. The highest BCUT2D eigenvalue weighted by Crippen LogP contribution is 2.32. The zero-order chi connectivity index (χ0) is 16.4. The monoisotopic (exact) mass is 316 g/mol. The maximum atomic E-state index is 11.8. The van der Waals surface area contributed by atoms with E-state index in [0.29, 0.717) is 0 Å². The van der Waals surface area contributed by atoms with Crippen LogP contribution in [0.1, 0.15) is 20.8 Å². The van der Waals surface area contributed by atoms with Crippen LogP contribution in [0.5, 0.6) is 0 Å². The number of esters is 4. The van der Waals surface area contributed by atoms with Gasteiger partial charge in [-0.3, -0.25) is 14.4 Å². The van der Waals surface area contributed by atoms with Crippen molar-refractivity contribution in [1.29, 1.82) is 0 Å². The smallest absolute Gasteiger partial charge is 0.350 e. The molecule has 0 aromatic rings. The van der Waals surface area contributed by atoms with E-state index >= 15 is 0 Å². The second-order valence-electron chi connectivity index (χ2n) is 4.95. The Balaban J connectivity index is 2.20. The number of ether oxygens (including phenoxy) is 5. The lowest BCUT2D eigenvalue weighted by Crippen LogP contribution is -2.56. The number of hydrogen-bond donors (Lipinski definition) is 0. The van der Waals surface area contributed by atoms with Crippen molar-refractivity contribution in [3.05, 3.63) is 0 Å². The molecule has 2 saturated heterocycles. The summed E-state index contributed by atoms with van der Waals surface area (Å²) in [7, 11) is 0. The van der Waals surface area contributed by atoms with Crippen LogP contribution in [0.2, 0.25) is 0 Å². The third kappa shape index (κ3) is 3.35. The SMILES string of the molecule is CC(=O)OC1C(=O)OC2C1OC[C@@H](OC(C)=O)[C@@H]2OC(C)=O. The Morgan fingerprint density at radius 2 is 1.55 bits per heavy atom. The Morgan fingerprint density at radius 3 is 2.09 bits per heavy atom. The molecule has 0 radical (unpaired) electrons. The largest absolute Gasteiger partial charge is 0.456 e. The summed E-state index contributed by atoms with van der Waals surface area (Å²) in [6.45, 7) is 3.40. The molecule has 0 N–H and O–H groups in total. The minimum absolute atomic E-state index is 0.118. The standard InChI is InChI=1S/C13H16O9/c1-5(14)19-8-4-18-10-11(9(8)20-6(2)15)22-13(17)12(10)21-7(3)16/h8-12H,4H2,1-3H3/t8-,9+,10?,11?,12?/m1/s1. The first-order chi connectivity index (χ1) is 10.3. The van der Waals surface area contributed by atoms with Crippen molar-refractivity contribution >= 4 is 23.9 Å². The molecule has 5 atom stereocenters. The summed E-state index contributed by atoms with van der Waals surface area (Å²) in [6, 6.07) is 0. The lowest BCUT2D eigenvalue weighted by atomic mass is 9.98.